The number of hydrogen-bond acceptors (Lipinski definition) is 13. The number of aryl methyl sites for hydroxylation is 1. The van der Waals surface area contributed by atoms with Crippen LogP contribution in [0.3, 0.4) is 0 Å². The second-order valence-electron chi connectivity index (χ2n) is 25.8. The second kappa shape index (κ2) is 28.7. The van der Waals surface area contributed by atoms with Crippen molar-refractivity contribution in [2.75, 3.05) is 39.3 Å². The number of thiophene rings is 1. The molecule has 3 saturated heterocycles. The van der Waals surface area contributed by atoms with E-state index in [0.717, 1.165) is 63.6 Å². The minimum Gasteiger partial charge on any atom is -0.391 e. The first kappa shape index (κ1) is 68.4. The number of alkyl halides is 2. The van der Waals surface area contributed by atoms with Gasteiger partial charge in [-0.25, -0.2) is 4.98 Å². The molecule has 0 radical (unpaired) electrons. The predicted octanol–water partition coefficient (Wildman–Crippen LogP) is 8.53. The summed E-state index contributed by atoms with van der Waals surface area (Å²) >= 11 is 2.50. The first-order valence-electron chi connectivity index (χ1n) is 30.3. The van der Waals surface area contributed by atoms with Gasteiger partial charge in [-0.2, -0.15) is 8.78 Å². The van der Waals surface area contributed by atoms with Gasteiger partial charge in [-0.05, 0) is 90.6 Å². The molecule has 25 heteroatoms. The zero-order valence-corrected chi connectivity index (χ0v) is 54.2. The molecule has 0 saturated carbocycles. The van der Waals surface area contributed by atoms with Gasteiger partial charge in [0.1, 0.15) is 30.8 Å². The molecule has 3 unspecified atom stereocenters. The highest BCUT2D eigenvalue weighted by Gasteiger charge is 2.51. The number of benzene rings is 3. The van der Waals surface area contributed by atoms with E-state index in [1.165, 1.54) is 21.9 Å². The molecule has 3 aromatic carbocycles. The predicted molar refractivity (Wildman–Crippen MR) is 336 cm³/mol. The lowest BCUT2D eigenvalue weighted by Crippen LogP contribution is -2.58. The molecule has 0 aliphatic carbocycles. The number of fused-ring (bicyclic) bond motifs is 1. The number of carbonyl (C=O) groups excluding carboxylic acids is 7. The lowest BCUT2D eigenvalue weighted by molar-refractivity contribution is -0.147. The standard InChI is InChI=1S/C64H83F2N8O12PS2/c1-38(40-21-23-42(24-22-40)54-39(2)68-37-88-54)69-57(78)48-31-46(75)34-73(48)60(81)55(62(3,4)5)70-52(76)20-14-9-10-15-27-67-53(77)36-86-47-32-49(59(80)72-28-16-19-43(33-72)41-17-12-11-13-18-41)74(35-47)61(82)56(63(6,7)8)71-58(79)51-30-44-29-45(25-26-50(44)89-51)64(65,66)87(83,84)85/h11-13,17-18,21-26,29-30,37-38,43,46-49,55-56,75H,9-10,14-16,19-20,27-28,31-36H2,1-8H3,(H,67,77)(H,69,78)(H,70,76)(H,71,79)(H2,83,84,85)/t38-,43?,46+,47-,48-,49-,55?,56?/m0/s1. The van der Waals surface area contributed by atoms with E-state index in [4.69, 9.17) is 4.74 Å². The van der Waals surface area contributed by atoms with Crippen LogP contribution in [-0.2, 0) is 43.7 Å². The number of aliphatic hydroxyl groups is 1. The quantitative estimate of drug-likeness (QED) is 0.0239. The van der Waals surface area contributed by atoms with Crippen molar-refractivity contribution in [3.8, 4) is 10.4 Å². The van der Waals surface area contributed by atoms with Crippen LogP contribution in [0.1, 0.15) is 150 Å². The summed E-state index contributed by atoms with van der Waals surface area (Å²) in [5.41, 5.74) is -1.32. The smallest absolute Gasteiger partial charge is 0.391 e. The van der Waals surface area contributed by atoms with E-state index in [1.807, 2.05) is 89.2 Å². The molecule has 5 heterocycles. The second-order valence-corrected chi connectivity index (χ2v) is 29.4. The van der Waals surface area contributed by atoms with Crippen molar-refractivity contribution in [1.29, 1.82) is 0 Å². The number of carbonyl (C=O) groups is 7. The minimum atomic E-state index is -5.86. The van der Waals surface area contributed by atoms with Gasteiger partial charge in [0.25, 0.3) is 5.91 Å². The normalized spacial score (nSPS) is 20.2. The highest BCUT2D eigenvalue weighted by molar-refractivity contribution is 7.52. The Morgan fingerprint density at radius 2 is 1.45 bits per heavy atom. The maximum Gasteiger partial charge on any atom is 0.399 e. The number of β-amino-alcohol motifs (C(OH)–C–C–N with tert-alkyl or cyclic N) is 1. The van der Waals surface area contributed by atoms with Crippen molar-refractivity contribution in [1.82, 2.24) is 41.0 Å². The molecule has 0 spiro atoms. The van der Waals surface area contributed by atoms with E-state index in [2.05, 4.69) is 26.3 Å². The van der Waals surface area contributed by atoms with E-state index in [0.29, 0.717) is 50.0 Å². The summed E-state index contributed by atoms with van der Waals surface area (Å²) in [6.45, 7) is 15.3. The Labute approximate surface area is 526 Å². The zero-order valence-electron chi connectivity index (χ0n) is 51.6. The Balaban J connectivity index is 0.818. The van der Waals surface area contributed by atoms with Gasteiger partial charge in [0.05, 0.1) is 39.2 Å². The average Bonchev–Trinajstić information content (AvgIpc) is 1.88. The Morgan fingerprint density at radius 3 is 2.10 bits per heavy atom. The lowest BCUT2D eigenvalue weighted by atomic mass is 9.85. The fraction of sp³-hybridized carbons (Fsp3) is 0.531. The van der Waals surface area contributed by atoms with Gasteiger partial charge in [-0.15, -0.1) is 22.7 Å². The van der Waals surface area contributed by atoms with Crippen molar-refractivity contribution in [3.05, 3.63) is 112 Å². The van der Waals surface area contributed by atoms with Crippen molar-refractivity contribution >= 4 is 81.7 Å². The molecule has 482 valence electrons. The number of aliphatic hydroxyl groups excluding tert-OH is 1. The van der Waals surface area contributed by atoms with E-state index < -0.39 is 95.6 Å². The molecule has 0 bridgehead atoms. The SMILES string of the molecule is Cc1ncsc1-c1ccc([C@H](C)NC(=O)[C@@H]2C[C@@H](O)CN2C(=O)C(NC(=O)CCCCCCNC(=O)CO[C@H]2C[C@@H](C(=O)N3CCCC(c4ccccc4)C3)N(C(=O)C(NC(=O)c3cc4cc(C(F)(F)P(=O)(O)O)ccc4s3)C(C)(C)C)C2)C(C)(C)C)cc1. The van der Waals surface area contributed by atoms with Crippen molar-refractivity contribution in [2.24, 2.45) is 10.8 Å². The third-order valence-corrected chi connectivity index (χ3v) is 19.9. The highest BCUT2D eigenvalue weighted by atomic mass is 32.1. The van der Waals surface area contributed by atoms with Crippen molar-refractivity contribution in [3.63, 3.8) is 0 Å². The summed E-state index contributed by atoms with van der Waals surface area (Å²) in [6.07, 6.45) is 2.63. The summed E-state index contributed by atoms with van der Waals surface area (Å²) < 4.78 is 47.4. The van der Waals surface area contributed by atoms with Gasteiger partial charge in [0, 0.05) is 68.2 Å². The van der Waals surface area contributed by atoms with Crippen LogP contribution in [0.4, 0.5) is 8.78 Å². The number of piperidine rings is 1. The van der Waals surface area contributed by atoms with Crippen molar-refractivity contribution < 1.29 is 66.5 Å². The number of halogens is 2. The van der Waals surface area contributed by atoms with Gasteiger partial charge in [-0.3, -0.25) is 38.1 Å². The van der Waals surface area contributed by atoms with Crippen LogP contribution in [-0.4, -0.2) is 152 Å². The summed E-state index contributed by atoms with van der Waals surface area (Å²) in [5, 5.41) is 22.5. The van der Waals surface area contributed by atoms with E-state index >= 15 is 0 Å². The third kappa shape index (κ3) is 16.9. The molecule has 5 aromatic rings. The first-order valence-corrected chi connectivity index (χ1v) is 33.6. The van der Waals surface area contributed by atoms with Crippen LogP contribution in [0, 0.1) is 17.8 Å². The summed E-state index contributed by atoms with van der Waals surface area (Å²) in [7, 11) is -5.86. The molecule has 3 fully saturated rings. The highest BCUT2D eigenvalue weighted by Crippen LogP contribution is 2.59. The van der Waals surface area contributed by atoms with Crippen LogP contribution in [0.5, 0.6) is 0 Å². The molecule has 20 nitrogen and oxygen atoms in total. The van der Waals surface area contributed by atoms with Crippen LogP contribution in [0.2, 0.25) is 0 Å². The van der Waals surface area contributed by atoms with E-state index in [1.54, 1.807) is 42.5 Å². The minimum absolute atomic E-state index is 0.0504. The molecular weight excluding hydrogens is 1210 g/mol. The molecule has 7 N–H and O–H groups in total. The number of ether oxygens (including phenoxy) is 1. The summed E-state index contributed by atoms with van der Waals surface area (Å²) in [4.78, 5) is 127. The maximum atomic E-state index is 14.9. The Kier molecular flexibility index (Phi) is 22.1. The number of aromatic nitrogens is 1. The molecule has 8 atom stereocenters. The monoisotopic (exact) mass is 1290 g/mol. The number of nitrogens with zero attached hydrogens (tertiary/aromatic N) is 4. The first-order chi connectivity index (χ1) is 41.9. The third-order valence-electron chi connectivity index (χ3n) is 16.8. The molecule has 3 aliphatic rings. The number of unbranched alkanes of at least 4 members (excludes halogenated alkanes) is 3. The number of hydrogen-bond donors (Lipinski definition) is 7. The number of thiazole rings is 1. The number of likely N-dealkylation sites (tertiary alicyclic amines) is 3. The van der Waals surface area contributed by atoms with E-state index in [-0.39, 0.29) is 73.0 Å². The Hall–Kier alpha value is -6.53. The van der Waals surface area contributed by atoms with Crippen LogP contribution < -0.4 is 21.3 Å². The number of nitrogens with one attached hydrogen (secondary N) is 4. The molecule has 89 heavy (non-hydrogen) atoms. The molecule has 3 aliphatic heterocycles. The van der Waals surface area contributed by atoms with Gasteiger partial charge >= 0.3 is 13.3 Å². The Bertz CT molecular complexity index is 3400. The van der Waals surface area contributed by atoms with Crippen LogP contribution in [0.15, 0.2) is 84.4 Å². The number of amides is 7. The molecule has 7 amide bonds. The molecule has 2 aromatic heterocycles. The molecular formula is C64H83F2N8O12PS2. The Morgan fingerprint density at radius 1 is 0.787 bits per heavy atom. The van der Waals surface area contributed by atoms with Gasteiger partial charge < -0.3 is 55.6 Å². The van der Waals surface area contributed by atoms with E-state index in [9.17, 15) is 61.8 Å². The van der Waals surface area contributed by atoms with Gasteiger partial charge in [-0.1, -0.05) is 115 Å². The zero-order chi connectivity index (χ0) is 64.8. The van der Waals surface area contributed by atoms with Crippen molar-refractivity contribution in [2.45, 2.75) is 167 Å². The fourth-order valence-electron chi connectivity index (χ4n) is 11.8. The molecule has 8 rings (SSSR count). The number of rotatable bonds is 23. The summed E-state index contributed by atoms with van der Waals surface area (Å²) in [6, 6.07) is 17.6. The summed E-state index contributed by atoms with van der Waals surface area (Å²) in [5.74, 6) is -3.08. The van der Waals surface area contributed by atoms with Crippen LogP contribution >= 0.6 is 30.3 Å². The lowest BCUT2D eigenvalue weighted by Gasteiger charge is -2.38. The maximum absolute atomic E-state index is 14.9. The fourth-order valence-corrected chi connectivity index (χ4v) is 14.0. The van der Waals surface area contributed by atoms with Gasteiger partial charge in [0.2, 0.25) is 35.4 Å². The average molecular weight is 1290 g/mol. The van der Waals surface area contributed by atoms with Gasteiger partial charge in [0.15, 0.2) is 0 Å². The largest absolute Gasteiger partial charge is 0.399 e. The van der Waals surface area contributed by atoms with Crippen LogP contribution in [0.25, 0.3) is 20.5 Å². The topological polar surface area (TPSA) is 277 Å².